The van der Waals surface area contributed by atoms with Crippen LogP contribution in [-0.2, 0) is 11.2 Å². The van der Waals surface area contributed by atoms with Gasteiger partial charge in [0.25, 0.3) is 0 Å². The van der Waals surface area contributed by atoms with Gasteiger partial charge < -0.3 is 14.8 Å². The number of ether oxygens (including phenoxy) is 2. The Morgan fingerprint density at radius 3 is 2.76 bits per heavy atom. The number of methoxy groups -OCH3 is 2. The standard InChI is InChI=1S/C19H20ClNO3S/c1-23-16-5-3-12(9-17(16)24-2)10-19(22)21-15-7-8-25-18-6-4-13(20)11-14(15)18/h3-6,9,11,15H,7-8,10H2,1-2H3,(H,21,22)/t15-/m1/s1. The van der Waals surface area contributed by atoms with E-state index >= 15 is 0 Å². The second-order valence-corrected chi connectivity index (χ2v) is 7.38. The SMILES string of the molecule is COc1ccc(CC(=O)N[C@@H]2CCSc3ccc(Cl)cc32)cc1OC. The number of rotatable bonds is 5. The first-order chi connectivity index (χ1) is 12.1. The van der Waals surface area contributed by atoms with Crippen molar-refractivity contribution in [2.75, 3.05) is 20.0 Å². The Bertz CT molecular complexity index is 781. The minimum Gasteiger partial charge on any atom is -0.493 e. The summed E-state index contributed by atoms with van der Waals surface area (Å²) < 4.78 is 10.5. The molecule has 0 aliphatic carbocycles. The molecule has 1 aliphatic heterocycles. The van der Waals surface area contributed by atoms with Crippen LogP contribution in [0.1, 0.15) is 23.6 Å². The van der Waals surface area contributed by atoms with Crippen molar-refractivity contribution < 1.29 is 14.3 Å². The van der Waals surface area contributed by atoms with Gasteiger partial charge in [0.2, 0.25) is 5.91 Å². The van der Waals surface area contributed by atoms with Crippen LogP contribution in [0.25, 0.3) is 0 Å². The number of carbonyl (C=O) groups excluding carboxylic acids is 1. The minimum atomic E-state index is -0.0185. The molecule has 2 aromatic rings. The molecule has 0 fully saturated rings. The Labute approximate surface area is 156 Å². The maximum absolute atomic E-state index is 12.5. The fourth-order valence-electron chi connectivity index (χ4n) is 2.94. The van der Waals surface area contributed by atoms with Crippen LogP contribution in [0.4, 0.5) is 0 Å². The number of benzene rings is 2. The molecule has 132 valence electrons. The number of thioether (sulfide) groups is 1. The van der Waals surface area contributed by atoms with Crippen molar-refractivity contribution in [1.82, 2.24) is 5.32 Å². The third-order valence-electron chi connectivity index (χ3n) is 4.16. The van der Waals surface area contributed by atoms with Crippen LogP contribution in [0.3, 0.4) is 0 Å². The molecule has 2 aromatic carbocycles. The van der Waals surface area contributed by atoms with Crippen molar-refractivity contribution in [1.29, 1.82) is 0 Å². The van der Waals surface area contributed by atoms with Gasteiger partial charge in [0, 0.05) is 15.7 Å². The highest BCUT2D eigenvalue weighted by molar-refractivity contribution is 7.99. The normalized spacial score (nSPS) is 16.0. The molecule has 0 saturated carbocycles. The Morgan fingerprint density at radius 2 is 2.00 bits per heavy atom. The van der Waals surface area contributed by atoms with Gasteiger partial charge in [-0.25, -0.2) is 0 Å². The van der Waals surface area contributed by atoms with Gasteiger partial charge in [-0.3, -0.25) is 4.79 Å². The molecule has 0 aromatic heterocycles. The molecule has 0 unspecified atom stereocenters. The van der Waals surface area contributed by atoms with E-state index in [9.17, 15) is 4.79 Å². The number of amides is 1. The molecule has 0 bridgehead atoms. The second-order valence-electron chi connectivity index (χ2n) is 5.81. The molecule has 1 atom stereocenters. The highest BCUT2D eigenvalue weighted by Crippen LogP contribution is 2.37. The summed E-state index contributed by atoms with van der Waals surface area (Å²) in [5.74, 6) is 2.24. The minimum absolute atomic E-state index is 0.00240. The lowest BCUT2D eigenvalue weighted by atomic mass is 10.0. The van der Waals surface area contributed by atoms with Crippen LogP contribution in [0.5, 0.6) is 11.5 Å². The molecule has 25 heavy (non-hydrogen) atoms. The monoisotopic (exact) mass is 377 g/mol. The number of hydrogen-bond acceptors (Lipinski definition) is 4. The van der Waals surface area contributed by atoms with E-state index in [1.807, 2.05) is 36.4 Å². The maximum Gasteiger partial charge on any atom is 0.224 e. The van der Waals surface area contributed by atoms with E-state index in [1.165, 1.54) is 4.90 Å². The summed E-state index contributed by atoms with van der Waals surface area (Å²) in [4.78, 5) is 13.7. The predicted octanol–water partition coefficient (Wildman–Crippen LogP) is 4.25. The Balaban J connectivity index is 1.71. The van der Waals surface area contributed by atoms with Crippen LogP contribution >= 0.6 is 23.4 Å². The average molecular weight is 378 g/mol. The summed E-state index contributed by atoms with van der Waals surface area (Å²) in [5.41, 5.74) is 1.98. The quantitative estimate of drug-likeness (QED) is 0.846. The van der Waals surface area contributed by atoms with Crippen LogP contribution in [0.2, 0.25) is 5.02 Å². The van der Waals surface area contributed by atoms with Gasteiger partial charge in [-0.05, 0) is 47.9 Å². The van der Waals surface area contributed by atoms with Gasteiger partial charge in [-0.2, -0.15) is 0 Å². The molecule has 1 amide bonds. The van der Waals surface area contributed by atoms with Gasteiger partial charge in [-0.1, -0.05) is 17.7 Å². The maximum atomic E-state index is 12.5. The fraction of sp³-hybridized carbons (Fsp3) is 0.316. The van der Waals surface area contributed by atoms with Crippen LogP contribution in [0, 0.1) is 0 Å². The second kappa shape index (κ2) is 8.02. The molecule has 0 spiro atoms. The predicted molar refractivity (Wildman–Crippen MR) is 101 cm³/mol. The average Bonchev–Trinajstić information content (AvgIpc) is 2.62. The molecule has 3 rings (SSSR count). The van der Waals surface area contributed by atoms with Gasteiger partial charge in [0.1, 0.15) is 0 Å². The smallest absolute Gasteiger partial charge is 0.224 e. The zero-order valence-corrected chi connectivity index (χ0v) is 15.7. The van der Waals surface area contributed by atoms with E-state index in [4.69, 9.17) is 21.1 Å². The molecule has 0 radical (unpaired) electrons. The third kappa shape index (κ3) is 4.22. The molecule has 1 aliphatic rings. The zero-order chi connectivity index (χ0) is 17.8. The lowest BCUT2D eigenvalue weighted by Crippen LogP contribution is -2.31. The van der Waals surface area contributed by atoms with Crippen molar-refractivity contribution in [2.45, 2.75) is 23.8 Å². The molecule has 0 saturated heterocycles. The lowest BCUT2D eigenvalue weighted by Gasteiger charge is -2.26. The summed E-state index contributed by atoms with van der Waals surface area (Å²) in [6, 6.07) is 11.4. The Morgan fingerprint density at radius 1 is 1.20 bits per heavy atom. The molecule has 1 N–H and O–H groups in total. The highest BCUT2D eigenvalue weighted by Gasteiger charge is 2.22. The van der Waals surface area contributed by atoms with E-state index in [1.54, 1.807) is 26.0 Å². The Kier molecular flexibility index (Phi) is 5.76. The Hall–Kier alpha value is -1.85. The molecular weight excluding hydrogens is 358 g/mol. The topological polar surface area (TPSA) is 47.6 Å². The first-order valence-corrected chi connectivity index (χ1v) is 9.39. The van der Waals surface area contributed by atoms with Gasteiger partial charge in [-0.15, -0.1) is 11.8 Å². The molecule has 1 heterocycles. The van der Waals surface area contributed by atoms with Crippen molar-refractivity contribution in [3.05, 3.63) is 52.5 Å². The van der Waals surface area contributed by atoms with Crippen LogP contribution in [-0.4, -0.2) is 25.9 Å². The molecule has 4 nitrogen and oxygen atoms in total. The summed E-state index contributed by atoms with van der Waals surface area (Å²) in [6.45, 7) is 0. The molecular formula is C19H20ClNO3S. The fourth-order valence-corrected chi connectivity index (χ4v) is 4.22. The van der Waals surface area contributed by atoms with E-state index in [0.717, 1.165) is 23.3 Å². The van der Waals surface area contributed by atoms with Crippen LogP contribution in [0.15, 0.2) is 41.3 Å². The number of halogens is 1. The van der Waals surface area contributed by atoms with Crippen molar-refractivity contribution in [2.24, 2.45) is 0 Å². The number of fused-ring (bicyclic) bond motifs is 1. The highest BCUT2D eigenvalue weighted by atomic mass is 35.5. The van der Waals surface area contributed by atoms with Crippen molar-refractivity contribution >= 4 is 29.3 Å². The van der Waals surface area contributed by atoms with E-state index < -0.39 is 0 Å². The largest absolute Gasteiger partial charge is 0.493 e. The molecule has 6 heteroatoms. The summed E-state index contributed by atoms with van der Waals surface area (Å²) in [6.07, 6.45) is 1.19. The third-order valence-corrected chi connectivity index (χ3v) is 5.52. The lowest BCUT2D eigenvalue weighted by molar-refractivity contribution is -0.121. The summed E-state index contributed by atoms with van der Waals surface area (Å²) in [5, 5.41) is 3.83. The number of nitrogens with one attached hydrogen (secondary N) is 1. The van der Waals surface area contributed by atoms with Gasteiger partial charge in [0.05, 0.1) is 26.7 Å². The first kappa shape index (κ1) is 18.0. The number of hydrogen-bond donors (Lipinski definition) is 1. The van der Waals surface area contributed by atoms with E-state index in [2.05, 4.69) is 5.32 Å². The zero-order valence-electron chi connectivity index (χ0n) is 14.2. The summed E-state index contributed by atoms with van der Waals surface area (Å²) >= 11 is 7.92. The number of carbonyl (C=O) groups is 1. The van der Waals surface area contributed by atoms with E-state index in [0.29, 0.717) is 22.9 Å². The van der Waals surface area contributed by atoms with Gasteiger partial charge >= 0.3 is 0 Å². The first-order valence-electron chi connectivity index (χ1n) is 8.03. The van der Waals surface area contributed by atoms with Crippen LogP contribution < -0.4 is 14.8 Å². The van der Waals surface area contributed by atoms with Crippen molar-refractivity contribution in [3.8, 4) is 11.5 Å². The van der Waals surface area contributed by atoms with Crippen molar-refractivity contribution in [3.63, 3.8) is 0 Å². The summed E-state index contributed by atoms with van der Waals surface area (Å²) in [7, 11) is 3.18. The van der Waals surface area contributed by atoms with Gasteiger partial charge in [0.15, 0.2) is 11.5 Å². The van der Waals surface area contributed by atoms with E-state index in [-0.39, 0.29) is 11.9 Å².